The number of morpholine rings is 1. The fourth-order valence-electron chi connectivity index (χ4n) is 3.43. The van der Waals surface area contributed by atoms with Crippen molar-refractivity contribution in [3.05, 3.63) is 69.5 Å². The molecule has 166 valence electrons. The Morgan fingerprint density at radius 1 is 1.16 bits per heavy atom. The molecule has 1 fully saturated rings. The number of benzene rings is 2. The fourth-order valence-corrected chi connectivity index (χ4v) is 3.82. The average Bonchev–Trinajstić information content (AvgIpc) is 2.76. The summed E-state index contributed by atoms with van der Waals surface area (Å²) in [5, 5.41) is 5.88. The van der Waals surface area contributed by atoms with Crippen molar-refractivity contribution in [2.24, 2.45) is 0 Å². The van der Waals surface area contributed by atoms with Gasteiger partial charge in [0.15, 0.2) is 0 Å². The zero-order valence-corrected chi connectivity index (χ0v) is 18.5. The number of nitrogens with one attached hydrogen (secondary N) is 2. The molecule has 1 aliphatic heterocycles. The summed E-state index contributed by atoms with van der Waals surface area (Å²) in [7, 11) is 0. The molecule has 0 bridgehead atoms. The van der Waals surface area contributed by atoms with Gasteiger partial charge < -0.3 is 15.4 Å². The lowest BCUT2D eigenvalue weighted by atomic mass is 10.0. The van der Waals surface area contributed by atoms with Crippen molar-refractivity contribution < 1.29 is 18.7 Å². The van der Waals surface area contributed by atoms with Crippen molar-refractivity contribution in [2.75, 3.05) is 32.8 Å². The largest absolute Gasteiger partial charge is 0.379 e. The highest BCUT2D eigenvalue weighted by molar-refractivity contribution is 6.43. The van der Waals surface area contributed by atoms with Crippen LogP contribution in [0.1, 0.15) is 28.9 Å². The maximum atomic E-state index is 13.8. The van der Waals surface area contributed by atoms with Gasteiger partial charge in [-0.05, 0) is 36.8 Å². The lowest BCUT2D eigenvalue weighted by Crippen LogP contribution is -2.48. The lowest BCUT2D eigenvalue weighted by molar-refractivity contribution is -0.122. The maximum absolute atomic E-state index is 13.8. The lowest BCUT2D eigenvalue weighted by Gasteiger charge is -2.35. The molecule has 1 heterocycles. The first-order valence-electron chi connectivity index (χ1n) is 9.96. The number of carbonyl (C=O) groups excluding carboxylic acids is 2. The Hall–Kier alpha value is -2.19. The number of halogens is 3. The first-order valence-corrected chi connectivity index (χ1v) is 10.7. The number of ether oxygens (including phenoxy) is 1. The van der Waals surface area contributed by atoms with E-state index in [0.29, 0.717) is 26.3 Å². The highest BCUT2D eigenvalue weighted by Gasteiger charge is 2.25. The smallest absolute Gasteiger partial charge is 0.253 e. The van der Waals surface area contributed by atoms with E-state index in [1.165, 1.54) is 18.2 Å². The van der Waals surface area contributed by atoms with Crippen molar-refractivity contribution in [3.8, 4) is 0 Å². The number of amides is 2. The zero-order chi connectivity index (χ0) is 22.4. The number of nitrogens with zero attached hydrogens (tertiary/aromatic N) is 1. The molecule has 2 N–H and O–H groups in total. The molecule has 0 aromatic heterocycles. The summed E-state index contributed by atoms with van der Waals surface area (Å²) in [6, 6.07) is 10.0. The van der Waals surface area contributed by atoms with Gasteiger partial charge >= 0.3 is 0 Å². The van der Waals surface area contributed by atoms with E-state index in [1.54, 1.807) is 25.1 Å². The summed E-state index contributed by atoms with van der Waals surface area (Å²) in [6.45, 7) is 4.35. The second-order valence-corrected chi connectivity index (χ2v) is 8.05. The zero-order valence-electron chi connectivity index (χ0n) is 17.0. The molecule has 0 spiro atoms. The second kappa shape index (κ2) is 10.9. The van der Waals surface area contributed by atoms with Gasteiger partial charge in [-0.25, -0.2) is 4.39 Å². The predicted molar refractivity (Wildman–Crippen MR) is 118 cm³/mol. The molecule has 1 saturated heterocycles. The molecule has 2 amide bonds. The normalized spacial score (nSPS) is 16.4. The van der Waals surface area contributed by atoms with Gasteiger partial charge in [0, 0.05) is 19.6 Å². The van der Waals surface area contributed by atoms with Crippen LogP contribution in [0.4, 0.5) is 4.39 Å². The summed E-state index contributed by atoms with van der Waals surface area (Å²) in [6.07, 6.45) is 0. The molecule has 2 unspecified atom stereocenters. The Morgan fingerprint density at radius 3 is 2.58 bits per heavy atom. The number of rotatable bonds is 7. The number of carbonyl (C=O) groups is 2. The van der Waals surface area contributed by atoms with Crippen LogP contribution in [0.25, 0.3) is 0 Å². The van der Waals surface area contributed by atoms with Crippen LogP contribution in [0.2, 0.25) is 10.0 Å². The third-order valence-corrected chi connectivity index (χ3v) is 5.95. The molecule has 3 rings (SSSR count). The Morgan fingerprint density at radius 2 is 1.87 bits per heavy atom. The third kappa shape index (κ3) is 6.17. The first kappa shape index (κ1) is 23.5. The molecule has 0 saturated carbocycles. The molecular weight excluding hydrogens is 444 g/mol. The highest BCUT2D eigenvalue weighted by Crippen LogP contribution is 2.25. The molecule has 1 aliphatic rings. The van der Waals surface area contributed by atoms with E-state index in [1.807, 2.05) is 6.07 Å². The molecule has 2 aromatic carbocycles. The summed E-state index contributed by atoms with van der Waals surface area (Å²) in [5.41, 5.74) is 0.962. The van der Waals surface area contributed by atoms with Crippen LogP contribution in [0, 0.1) is 5.82 Å². The Labute approximate surface area is 190 Å². The van der Waals surface area contributed by atoms with E-state index in [4.69, 9.17) is 27.9 Å². The van der Waals surface area contributed by atoms with Crippen molar-refractivity contribution in [1.82, 2.24) is 15.5 Å². The summed E-state index contributed by atoms with van der Waals surface area (Å²) in [4.78, 5) is 27.3. The Bertz CT molecular complexity index is 938. The van der Waals surface area contributed by atoms with Crippen molar-refractivity contribution in [2.45, 2.75) is 19.0 Å². The maximum Gasteiger partial charge on any atom is 0.253 e. The van der Waals surface area contributed by atoms with Gasteiger partial charge in [-0.2, -0.15) is 0 Å². The van der Waals surface area contributed by atoms with Crippen LogP contribution in [0.5, 0.6) is 0 Å². The van der Waals surface area contributed by atoms with Gasteiger partial charge in [-0.15, -0.1) is 0 Å². The monoisotopic (exact) mass is 467 g/mol. The molecule has 9 heteroatoms. The van der Waals surface area contributed by atoms with Crippen LogP contribution in [-0.4, -0.2) is 55.6 Å². The molecule has 0 radical (unpaired) electrons. The predicted octanol–water partition coefficient (Wildman–Crippen LogP) is 3.44. The molecule has 6 nitrogen and oxygen atoms in total. The van der Waals surface area contributed by atoms with E-state index in [-0.39, 0.29) is 39.9 Å². The van der Waals surface area contributed by atoms with Gasteiger partial charge in [0.2, 0.25) is 5.91 Å². The average molecular weight is 468 g/mol. The summed E-state index contributed by atoms with van der Waals surface area (Å²) < 4.78 is 19.2. The topological polar surface area (TPSA) is 70.7 Å². The van der Waals surface area contributed by atoms with Crippen LogP contribution in [-0.2, 0) is 9.53 Å². The Balaban J connectivity index is 1.64. The number of hydrogen-bond donors (Lipinski definition) is 2. The van der Waals surface area contributed by atoms with Crippen LogP contribution >= 0.6 is 23.2 Å². The summed E-state index contributed by atoms with van der Waals surface area (Å²) in [5.74, 6) is -1.19. The van der Waals surface area contributed by atoms with Gasteiger partial charge in [0.1, 0.15) is 11.9 Å². The van der Waals surface area contributed by atoms with E-state index in [2.05, 4.69) is 15.5 Å². The van der Waals surface area contributed by atoms with Crippen molar-refractivity contribution in [3.63, 3.8) is 0 Å². The van der Waals surface area contributed by atoms with Crippen LogP contribution < -0.4 is 10.6 Å². The fraction of sp³-hybridized carbons (Fsp3) is 0.364. The quantitative estimate of drug-likeness (QED) is 0.654. The molecule has 0 aliphatic carbocycles. The van der Waals surface area contributed by atoms with Gasteiger partial charge in [0.25, 0.3) is 5.91 Å². The molecular formula is C22H24Cl2FN3O3. The van der Waals surface area contributed by atoms with Crippen LogP contribution in [0.3, 0.4) is 0 Å². The van der Waals surface area contributed by atoms with Crippen LogP contribution in [0.15, 0.2) is 42.5 Å². The first-order chi connectivity index (χ1) is 14.9. The van der Waals surface area contributed by atoms with Gasteiger partial charge in [0.05, 0.1) is 34.9 Å². The van der Waals surface area contributed by atoms with Gasteiger partial charge in [-0.3, -0.25) is 14.5 Å². The van der Waals surface area contributed by atoms with Crippen molar-refractivity contribution >= 4 is 35.0 Å². The second-order valence-electron chi connectivity index (χ2n) is 7.26. The minimum atomic E-state index is -0.805. The SMILES string of the molecule is CC(NC(=O)c1cccc(Cl)c1Cl)C(=O)NCC(c1cccc(F)c1)N1CCOCC1. The van der Waals surface area contributed by atoms with Crippen molar-refractivity contribution in [1.29, 1.82) is 0 Å². The highest BCUT2D eigenvalue weighted by atomic mass is 35.5. The Kier molecular flexibility index (Phi) is 8.26. The molecule has 2 aromatic rings. The molecule has 2 atom stereocenters. The number of hydrogen-bond acceptors (Lipinski definition) is 4. The standard InChI is InChI=1S/C22H24Cl2FN3O3/c1-14(27-22(30)17-6-3-7-18(23)20(17)24)21(29)26-13-19(28-8-10-31-11-9-28)15-4-2-5-16(25)12-15/h2-7,12,14,19H,8-11,13H2,1H3,(H,26,29)(H,27,30). The van der Waals surface area contributed by atoms with Gasteiger partial charge in [-0.1, -0.05) is 41.4 Å². The third-order valence-electron chi connectivity index (χ3n) is 5.13. The molecule has 31 heavy (non-hydrogen) atoms. The summed E-state index contributed by atoms with van der Waals surface area (Å²) >= 11 is 12.0. The van der Waals surface area contributed by atoms with E-state index >= 15 is 0 Å². The van der Waals surface area contributed by atoms with E-state index in [9.17, 15) is 14.0 Å². The van der Waals surface area contributed by atoms with E-state index in [0.717, 1.165) is 5.56 Å². The minimum Gasteiger partial charge on any atom is -0.379 e. The van der Waals surface area contributed by atoms with E-state index < -0.39 is 11.9 Å². The minimum absolute atomic E-state index is 0.132.